The van der Waals surface area contributed by atoms with Gasteiger partial charge in [0, 0.05) is 6.04 Å². The third kappa shape index (κ3) is 3.65. The first-order chi connectivity index (χ1) is 6.24. The molecule has 78 valence electrons. The second kappa shape index (κ2) is 5.61. The first kappa shape index (κ1) is 11.0. The molecule has 2 atom stereocenters. The SMILES string of the molecule is CNCC1CCCC(N(C)C)CC1. The lowest BCUT2D eigenvalue weighted by Crippen LogP contribution is -2.27. The minimum Gasteiger partial charge on any atom is -0.319 e. The van der Waals surface area contributed by atoms with Gasteiger partial charge in [-0.05, 0) is 59.3 Å². The van der Waals surface area contributed by atoms with Crippen LogP contribution < -0.4 is 5.32 Å². The van der Waals surface area contributed by atoms with Crippen LogP contribution in [0.15, 0.2) is 0 Å². The van der Waals surface area contributed by atoms with Crippen molar-refractivity contribution in [1.29, 1.82) is 0 Å². The highest BCUT2D eigenvalue weighted by Gasteiger charge is 2.19. The van der Waals surface area contributed by atoms with Crippen molar-refractivity contribution in [2.75, 3.05) is 27.7 Å². The monoisotopic (exact) mass is 184 g/mol. The van der Waals surface area contributed by atoms with Crippen molar-refractivity contribution in [2.45, 2.75) is 38.1 Å². The summed E-state index contributed by atoms with van der Waals surface area (Å²) in [4.78, 5) is 2.39. The van der Waals surface area contributed by atoms with E-state index in [0.717, 1.165) is 12.0 Å². The maximum Gasteiger partial charge on any atom is 0.00892 e. The molecular formula is C11H24N2. The fourth-order valence-corrected chi connectivity index (χ4v) is 2.37. The van der Waals surface area contributed by atoms with Gasteiger partial charge in [0.2, 0.25) is 0 Å². The Bertz CT molecular complexity index is 134. The molecule has 0 radical (unpaired) electrons. The van der Waals surface area contributed by atoms with Crippen molar-refractivity contribution in [1.82, 2.24) is 10.2 Å². The number of rotatable bonds is 3. The summed E-state index contributed by atoms with van der Waals surface area (Å²) in [5.41, 5.74) is 0. The van der Waals surface area contributed by atoms with Crippen LogP contribution in [0, 0.1) is 5.92 Å². The predicted molar refractivity (Wildman–Crippen MR) is 58.0 cm³/mol. The number of nitrogens with zero attached hydrogens (tertiary/aromatic N) is 1. The van der Waals surface area contributed by atoms with Crippen LogP contribution in [0.4, 0.5) is 0 Å². The van der Waals surface area contributed by atoms with Gasteiger partial charge in [-0.1, -0.05) is 6.42 Å². The zero-order chi connectivity index (χ0) is 9.68. The van der Waals surface area contributed by atoms with E-state index in [1.54, 1.807) is 0 Å². The van der Waals surface area contributed by atoms with Crippen LogP contribution in [0.3, 0.4) is 0 Å². The van der Waals surface area contributed by atoms with Crippen molar-refractivity contribution in [3.8, 4) is 0 Å². The summed E-state index contributed by atoms with van der Waals surface area (Å²) in [5, 5.41) is 3.30. The first-order valence-corrected chi connectivity index (χ1v) is 5.55. The van der Waals surface area contributed by atoms with Gasteiger partial charge in [-0.3, -0.25) is 0 Å². The molecule has 0 amide bonds. The summed E-state index contributed by atoms with van der Waals surface area (Å²) >= 11 is 0. The number of nitrogens with one attached hydrogen (secondary N) is 1. The first-order valence-electron chi connectivity index (χ1n) is 5.55. The van der Waals surface area contributed by atoms with E-state index in [9.17, 15) is 0 Å². The van der Waals surface area contributed by atoms with E-state index in [1.807, 2.05) is 0 Å². The molecule has 0 saturated heterocycles. The fourth-order valence-electron chi connectivity index (χ4n) is 2.37. The molecule has 1 aliphatic rings. The number of hydrogen-bond donors (Lipinski definition) is 1. The van der Waals surface area contributed by atoms with Gasteiger partial charge in [-0.25, -0.2) is 0 Å². The third-order valence-electron chi connectivity index (χ3n) is 3.28. The van der Waals surface area contributed by atoms with Crippen LogP contribution in [0.5, 0.6) is 0 Å². The Morgan fingerprint density at radius 3 is 2.54 bits per heavy atom. The molecule has 1 saturated carbocycles. The van der Waals surface area contributed by atoms with Gasteiger partial charge in [-0.15, -0.1) is 0 Å². The zero-order valence-electron chi connectivity index (χ0n) is 9.34. The average molecular weight is 184 g/mol. The van der Waals surface area contributed by atoms with Crippen molar-refractivity contribution in [2.24, 2.45) is 5.92 Å². The van der Waals surface area contributed by atoms with Crippen LogP contribution in [0.2, 0.25) is 0 Å². The second-order valence-electron chi connectivity index (χ2n) is 4.55. The van der Waals surface area contributed by atoms with Crippen LogP contribution in [0.25, 0.3) is 0 Å². The fraction of sp³-hybridized carbons (Fsp3) is 1.00. The maximum absolute atomic E-state index is 3.30. The summed E-state index contributed by atoms with van der Waals surface area (Å²) in [7, 11) is 6.49. The molecular weight excluding hydrogens is 160 g/mol. The molecule has 2 heteroatoms. The Morgan fingerprint density at radius 1 is 1.15 bits per heavy atom. The molecule has 0 spiro atoms. The molecule has 0 aliphatic heterocycles. The van der Waals surface area contributed by atoms with Crippen molar-refractivity contribution >= 4 is 0 Å². The topological polar surface area (TPSA) is 15.3 Å². The van der Waals surface area contributed by atoms with Crippen LogP contribution >= 0.6 is 0 Å². The Morgan fingerprint density at radius 2 is 1.92 bits per heavy atom. The predicted octanol–water partition coefficient (Wildman–Crippen LogP) is 1.72. The van der Waals surface area contributed by atoms with E-state index in [4.69, 9.17) is 0 Å². The van der Waals surface area contributed by atoms with E-state index in [1.165, 1.54) is 38.6 Å². The molecule has 2 nitrogen and oxygen atoms in total. The third-order valence-corrected chi connectivity index (χ3v) is 3.28. The van der Waals surface area contributed by atoms with Crippen LogP contribution in [0.1, 0.15) is 32.1 Å². The highest BCUT2D eigenvalue weighted by Crippen LogP contribution is 2.24. The molecule has 0 heterocycles. The lowest BCUT2D eigenvalue weighted by atomic mass is 10.0. The molecule has 0 aromatic rings. The van der Waals surface area contributed by atoms with Gasteiger partial charge in [0.05, 0.1) is 0 Å². The largest absolute Gasteiger partial charge is 0.319 e. The highest BCUT2D eigenvalue weighted by molar-refractivity contribution is 4.75. The molecule has 1 fully saturated rings. The van der Waals surface area contributed by atoms with Gasteiger partial charge >= 0.3 is 0 Å². The number of hydrogen-bond acceptors (Lipinski definition) is 2. The smallest absolute Gasteiger partial charge is 0.00892 e. The maximum atomic E-state index is 3.30. The molecule has 0 aromatic carbocycles. The molecule has 2 unspecified atom stereocenters. The van der Waals surface area contributed by atoms with E-state index in [2.05, 4.69) is 31.4 Å². The van der Waals surface area contributed by atoms with Gasteiger partial charge < -0.3 is 10.2 Å². The van der Waals surface area contributed by atoms with Crippen LogP contribution in [-0.2, 0) is 0 Å². The summed E-state index contributed by atoms with van der Waals surface area (Å²) in [6.07, 6.45) is 7.02. The van der Waals surface area contributed by atoms with Crippen molar-refractivity contribution in [3.63, 3.8) is 0 Å². The van der Waals surface area contributed by atoms with Gasteiger partial charge in [0.25, 0.3) is 0 Å². The summed E-state index contributed by atoms with van der Waals surface area (Å²) in [6.45, 7) is 1.21. The normalized spacial score (nSPS) is 30.5. The molecule has 1 aliphatic carbocycles. The zero-order valence-corrected chi connectivity index (χ0v) is 9.34. The van der Waals surface area contributed by atoms with E-state index >= 15 is 0 Å². The summed E-state index contributed by atoms with van der Waals surface area (Å²) in [5.74, 6) is 0.926. The van der Waals surface area contributed by atoms with Crippen molar-refractivity contribution < 1.29 is 0 Å². The molecule has 1 N–H and O–H groups in total. The standard InChI is InChI=1S/C11H24N2/c1-12-9-10-5-4-6-11(8-7-10)13(2)3/h10-12H,4-9H2,1-3H3. The quantitative estimate of drug-likeness (QED) is 0.672. The Labute approximate surface area is 82.7 Å². The second-order valence-corrected chi connectivity index (χ2v) is 4.55. The van der Waals surface area contributed by atoms with E-state index in [-0.39, 0.29) is 0 Å². The van der Waals surface area contributed by atoms with Gasteiger partial charge in [0.15, 0.2) is 0 Å². The summed E-state index contributed by atoms with van der Waals surface area (Å²) < 4.78 is 0. The lowest BCUT2D eigenvalue weighted by molar-refractivity contribution is 0.264. The van der Waals surface area contributed by atoms with Crippen molar-refractivity contribution in [3.05, 3.63) is 0 Å². The molecule has 0 bridgehead atoms. The minimum absolute atomic E-state index is 0.835. The highest BCUT2D eigenvalue weighted by atomic mass is 15.1. The Kier molecular flexibility index (Phi) is 4.74. The van der Waals surface area contributed by atoms with E-state index in [0.29, 0.717) is 0 Å². The lowest BCUT2D eigenvalue weighted by Gasteiger charge is -2.22. The van der Waals surface area contributed by atoms with E-state index < -0.39 is 0 Å². The van der Waals surface area contributed by atoms with Gasteiger partial charge in [0.1, 0.15) is 0 Å². The van der Waals surface area contributed by atoms with Gasteiger partial charge in [-0.2, -0.15) is 0 Å². The Balaban J connectivity index is 2.30. The average Bonchev–Trinajstić information content (AvgIpc) is 2.30. The molecule has 13 heavy (non-hydrogen) atoms. The minimum atomic E-state index is 0.835. The van der Waals surface area contributed by atoms with Crippen LogP contribution in [-0.4, -0.2) is 38.6 Å². The summed E-state index contributed by atoms with van der Waals surface area (Å²) in [6, 6.07) is 0.835. The molecule has 0 aromatic heterocycles. The molecule has 1 rings (SSSR count). The Hall–Kier alpha value is -0.0800.